The molecule has 3 heterocycles. The Morgan fingerprint density at radius 2 is 2.07 bits per heavy atom. The van der Waals surface area contributed by atoms with Crippen molar-refractivity contribution in [1.82, 2.24) is 19.4 Å². The largest absolute Gasteiger partial charge is 0.494 e. The minimum Gasteiger partial charge on any atom is -0.494 e. The molecule has 3 aromatic rings. The molecule has 6 heteroatoms. The number of imidazole rings is 1. The first-order chi connectivity index (χ1) is 13.6. The van der Waals surface area contributed by atoms with E-state index in [-0.39, 0.29) is 5.91 Å². The van der Waals surface area contributed by atoms with Gasteiger partial charge in [0.05, 0.1) is 13.0 Å². The maximum Gasteiger partial charge on any atom is 0.226 e. The summed E-state index contributed by atoms with van der Waals surface area (Å²) in [4.78, 5) is 23.8. The van der Waals surface area contributed by atoms with Gasteiger partial charge >= 0.3 is 0 Å². The zero-order valence-electron chi connectivity index (χ0n) is 16.5. The lowest BCUT2D eigenvalue weighted by molar-refractivity contribution is -0.129. The van der Waals surface area contributed by atoms with Crippen LogP contribution < -0.4 is 4.74 Å². The maximum atomic E-state index is 12.7. The van der Waals surface area contributed by atoms with Crippen LogP contribution in [0.1, 0.15) is 24.7 Å². The Hall–Kier alpha value is -2.89. The number of carbonyl (C=O) groups is 1. The Morgan fingerprint density at radius 3 is 2.82 bits per heavy atom. The van der Waals surface area contributed by atoms with Crippen molar-refractivity contribution in [2.45, 2.75) is 26.2 Å². The van der Waals surface area contributed by atoms with Crippen LogP contribution in [-0.2, 0) is 24.7 Å². The van der Waals surface area contributed by atoms with Gasteiger partial charge in [-0.15, -0.1) is 0 Å². The second kappa shape index (κ2) is 8.00. The van der Waals surface area contributed by atoms with Crippen LogP contribution in [0.2, 0.25) is 0 Å². The molecule has 0 radical (unpaired) electrons. The molecule has 0 spiro atoms. The normalized spacial score (nSPS) is 16.6. The van der Waals surface area contributed by atoms with E-state index in [1.165, 1.54) is 0 Å². The summed E-state index contributed by atoms with van der Waals surface area (Å²) in [6.45, 7) is 4.23. The summed E-state index contributed by atoms with van der Waals surface area (Å²) >= 11 is 0. The quantitative estimate of drug-likeness (QED) is 0.662. The highest BCUT2D eigenvalue weighted by atomic mass is 16.5. The Morgan fingerprint density at radius 1 is 1.25 bits per heavy atom. The van der Waals surface area contributed by atoms with E-state index >= 15 is 0 Å². The van der Waals surface area contributed by atoms with Gasteiger partial charge in [-0.1, -0.05) is 12.1 Å². The number of hydrogen-bond acceptors (Lipinski definition) is 4. The van der Waals surface area contributed by atoms with Crippen molar-refractivity contribution in [2.24, 2.45) is 13.0 Å². The Balaban J connectivity index is 1.35. The van der Waals surface area contributed by atoms with Crippen molar-refractivity contribution in [3.63, 3.8) is 0 Å². The second-order valence-electron chi connectivity index (χ2n) is 7.39. The highest BCUT2D eigenvalue weighted by Gasteiger charge is 2.27. The van der Waals surface area contributed by atoms with Crippen molar-refractivity contribution in [3.8, 4) is 5.75 Å². The summed E-state index contributed by atoms with van der Waals surface area (Å²) in [5, 5.41) is 0. The van der Waals surface area contributed by atoms with E-state index in [1.54, 1.807) is 6.20 Å². The Labute approximate surface area is 165 Å². The molecule has 1 aliphatic heterocycles. The number of amides is 1. The molecule has 1 saturated heterocycles. The van der Waals surface area contributed by atoms with Crippen LogP contribution >= 0.6 is 0 Å². The van der Waals surface area contributed by atoms with Crippen LogP contribution in [0.25, 0.3) is 11.2 Å². The minimum atomic E-state index is 0.193. The van der Waals surface area contributed by atoms with Gasteiger partial charge in [-0.2, -0.15) is 0 Å². The number of fused-ring (bicyclic) bond motifs is 1. The van der Waals surface area contributed by atoms with Crippen LogP contribution in [-0.4, -0.2) is 45.0 Å². The van der Waals surface area contributed by atoms with Crippen molar-refractivity contribution in [3.05, 3.63) is 54.0 Å². The molecular weight excluding hydrogens is 352 g/mol. The Kier molecular flexibility index (Phi) is 5.28. The molecular formula is C22H26N4O2. The van der Waals surface area contributed by atoms with Gasteiger partial charge in [0, 0.05) is 32.8 Å². The van der Waals surface area contributed by atoms with Gasteiger partial charge in [0.1, 0.15) is 17.1 Å². The minimum absolute atomic E-state index is 0.193. The Bertz CT molecular complexity index is 964. The second-order valence-corrected chi connectivity index (χ2v) is 7.39. The molecule has 1 atom stereocenters. The van der Waals surface area contributed by atoms with Gasteiger partial charge in [0.2, 0.25) is 5.91 Å². The summed E-state index contributed by atoms with van der Waals surface area (Å²) in [6.07, 6.45) is 4.13. The first kappa shape index (κ1) is 18.5. The molecule has 0 N–H and O–H groups in total. The highest BCUT2D eigenvalue weighted by molar-refractivity contribution is 5.79. The van der Waals surface area contributed by atoms with Gasteiger partial charge in [-0.05, 0) is 49.1 Å². The van der Waals surface area contributed by atoms with Crippen molar-refractivity contribution < 1.29 is 9.53 Å². The number of aromatic nitrogens is 3. The summed E-state index contributed by atoms with van der Waals surface area (Å²) in [7, 11) is 2.02. The number of pyridine rings is 1. The molecule has 1 amide bonds. The van der Waals surface area contributed by atoms with Gasteiger partial charge in [-0.25, -0.2) is 9.97 Å². The van der Waals surface area contributed by atoms with Crippen LogP contribution in [0.4, 0.5) is 0 Å². The number of hydrogen-bond donors (Lipinski definition) is 0. The number of rotatable bonds is 6. The van der Waals surface area contributed by atoms with E-state index in [9.17, 15) is 4.79 Å². The van der Waals surface area contributed by atoms with Gasteiger partial charge in [-0.3, -0.25) is 4.79 Å². The zero-order chi connectivity index (χ0) is 19.5. The summed E-state index contributed by atoms with van der Waals surface area (Å²) < 4.78 is 7.53. The first-order valence-corrected chi connectivity index (χ1v) is 9.90. The maximum absolute atomic E-state index is 12.7. The predicted molar refractivity (Wildman–Crippen MR) is 108 cm³/mol. The molecule has 0 saturated carbocycles. The van der Waals surface area contributed by atoms with Crippen LogP contribution in [0.15, 0.2) is 42.6 Å². The standard InChI is InChI=1S/C22H26N4O2/c1-3-28-18-8-6-16(7-9-18)14-21(27)26-12-10-17(15-26)13-20-24-19-5-4-11-23-22(19)25(20)2/h4-9,11,17H,3,10,12-15H2,1-2H3. The van der Waals surface area contributed by atoms with E-state index in [2.05, 4.69) is 9.55 Å². The predicted octanol–water partition coefficient (Wildman–Crippen LogP) is 3.00. The van der Waals surface area contributed by atoms with Gasteiger partial charge in [0.25, 0.3) is 0 Å². The molecule has 1 aliphatic rings. The van der Waals surface area contributed by atoms with Crippen LogP contribution in [0, 0.1) is 5.92 Å². The third-order valence-corrected chi connectivity index (χ3v) is 5.42. The fourth-order valence-corrected chi connectivity index (χ4v) is 3.89. The third kappa shape index (κ3) is 3.86. The van der Waals surface area contributed by atoms with E-state index in [0.717, 1.165) is 54.2 Å². The summed E-state index contributed by atoms with van der Waals surface area (Å²) in [5.41, 5.74) is 2.87. The van der Waals surface area contributed by atoms with Crippen molar-refractivity contribution >= 4 is 17.1 Å². The van der Waals surface area contributed by atoms with E-state index in [1.807, 2.05) is 55.3 Å². The molecule has 2 aromatic heterocycles. The van der Waals surface area contributed by atoms with Gasteiger partial charge < -0.3 is 14.2 Å². The first-order valence-electron chi connectivity index (χ1n) is 9.90. The molecule has 1 unspecified atom stereocenters. The molecule has 1 aromatic carbocycles. The fourth-order valence-electron chi connectivity index (χ4n) is 3.89. The lowest BCUT2D eigenvalue weighted by Gasteiger charge is -2.17. The number of aryl methyl sites for hydroxylation is 1. The lowest BCUT2D eigenvalue weighted by Crippen LogP contribution is -2.30. The third-order valence-electron chi connectivity index (χ3n) is 5.42. The lowest BCUT2D eigenvalue weighted by atomic mass is 10.0. The molecule has 6 nitrogen and oxygen atoms in total. The SMILES string of the molecule is CCOc1ccc(CC(=O)N2CCC(Cc3nc4cccnc4n3C)C2)cc1. The van der Waals surface area contributed by atoms with Crippen LogP contribution in [0.5, 0.6) is 5.75 Å². The molecule has 146 valence electrons. The summed E-state index contributed by atoms with van der Waals surface area (Å²) in [6, 6.07) is 11.7. The van der Waals surface area contributed by atoms with E-state index < -0.39 is 0 Å². The molecule has 0 bridgehead atoms. The van der Waals surface area contributed by atoms with E-state index in [4.69, 9.17) is 9.72 Å². The molecule has 1 fully saturated rings. The topological polar surface area (TPSA) is 60.2 Å². The summed E-state index contributed by atoms with van der Waals surface area (Å²) in [5.74, 6) is 2.52. The van der Waals surface area contributed by atoms with Crippen LogP contribution in [0.3, 0.4) is 0 Å². The zero-order valence-corrected chi connectivity index (χ0v) is 16.5. The van der Waals surface area contributed by atoms with Gasteiger partial charge in [0.15, 0.2) is 5.65 Å². The number of likely N-dealkylation sites (tertiary alicyclic amines) is 1. The average Bonchev–Trinajstić information content (AvgIpc) is 3.29. The highest BCUT2D eigenvalue weighted by Crippen LogP contribution is 2.23. The monoisotopic (exact) mass is 378 g/mol. The molecule has 28 heavy (non-hydrogen) atoms. The number of ether oxygens (including phenoxy) is 1. The van der Waals surface area contributed by atoms with Crippen molar-refractivity contribution in [1.29, 1.82) is 0 Å². The van der Waals surface area contributed by atoms with Crippen molar-refractivity contribution in [2.75, 3.05) is 19.7 Å². The smallest absolute Gasteiger partial charge is 0.226 e. The number of nitrogens with zero attached hydrogens (tertiary/aromatic N) is 4. The number of carbonyl (C=O) groups excluding carboxylic acids is 1. The average molecular weight is 378 g/mol. The fraction of sp³-hybridized carbons (Fsp3) is 0.409. The van der Waals surface area contributed by atoms with E-state index in [0.29, 0.717) is 18.9 Å². The molecule has 0 aliphatic carbocycles. The number of benzene rings is 1. The molecule has 4 rings (SSSR count).